The van der Waals surface area contributed by atoms with Crippen LogP contribution in [0, 0.1) is 5.92 Å². The Bertz CT molecular complexity index is 1620. The lowest BCUT2D eigenvalue weighted by molar-refractivity contribution is 0.379. The van der Waals surface area contributed by atoms with Crippen molar-refractivity contribution in [3.63, 3.8) is 0 Å². The molecular weight excluding hydrogens is 520 g/mol. The molecule has 0 aliphatic heterocycles. The molecule has 0 amide bonds. The van der Waals surface area contributed by atoms with Crippen LogP contribution in [0.15, 0.2) is 62.0 Å². The van der Waals surface area contributed by atoms with Gasteiger partial charge in [-0.05, 0) is 73.0 Å². The Morgan fingerprint density at radius 2 is 1.84 bits per heavy atom. The Balaban J connectivity index is 1.54. The highest BCUT2D eigenvalue weighted by Crippen LogP contribution is 2.39. The molecule has 0 radical (unpaired) electrons. The summed E-state index contributed by atoms with van der Waals surface area (Å²) in [5.41, 5.74) is 2.23. The topological polar surface area (TPSA) is 110 Å². The fourth-order valence-corrected chi connectivity index (χ4v) is 7.36. The quantitative estimate of drug-likeness (QED) is 0.268. The van der Waals surface area contributed by atoms with Crippen molar-refractivity contribution in [3.8, 4) is 5.75 Å². The summed E-state index contributed by atoms with van der Waals surface area (Å²) < 4.78 is 39.4. The molecule has 1 atom stereocenters. The minimum atomic E-state index is -3.89. The van der Waals surface area contributed by atoms with Crippen LogP contribution in [0.25, 0.3) is 10.9 Å². The number of aryl methyl sites for hydroxylation is 1. The number of aromatic nitrogens is 1. The van der Waals surface area contributed by atoms with Crippen LogP contribution in [0.1, 0.15) is 74.3 Å². The van der Waals surface area contributed by atoms with Gasteiger partial charge in [0.25, 0.3) is 10.0 Å². The third-order valence-corrected chi connectivity index (χ3v) is 9.23. The first-order valence-electron chi connectivity index (χ1n) is 13.1. The molecule has 1 unspecified atom stereocenters. The van der Waals surface area contributed by atoms with E-state index in [1.807, 2.05) is 6.07 Å². The number of rotatable bonds is 7. The number of nitrogens with zero attached hydrogens (tertiary/aromatic N) is 1. The summed E-state index contributed by atoms with van der Waals surface area (Å²) in [6.07, 6.45) is 5.95. The Kier molecular flexibility index (Phi) is 7.59. The van der Waals surface area contributed by atoms with Crippen molar-refractivity contribution in [3.05, 3.63) is 80.7 Å². The number of anilines is 1. The summed E-state index contributed by atoms with van der Waals surface area (Å²) in [4.78, 5) is 13.4. The van der Waals surface area contributed by atoms with Crippen LogP contribution >= 0.6 is 11.5 Å². The van der Waals surface area contributed by atoms with E-state index in [1.165, 1.54) is 11.5 Å². The third-order valence-electron chi connectivity index (χ3n) is 7.14. The number of nitrogens with one attached hydrogen (secondary N) is 1. The fraction of sp³-hybridized carbons (Fsp3) is 0.379. The SMILES string of the molecule is CC(C)CC(c1cccc(NS(=O)(=O)c2cccc3nscc23)c1)c1c(O)c2c(oc1=O)CCCCCC2. The monoisotopic (exact) mass is 552 g/mol. The van der Waals surface area contributed by atoms with Gasteiger partial charge in [-0.2, -0.15) is 4.37 Å². The molecule has 0 fully saturated rings. The maximum atomic E-state index is 13.3. The van der Waals surface area contributed by atoms with Crippen molar-refractivity contribution >= 4 is 38.1 Å². The number of benzene rings is 2. The first-order chi connectivity index (χ1) is 18.2. The average Bonchev–Trinajstić information content (AvgIpc) is 3.33. The van der Waals surface area contributed by atoms with Gasteiger partial charge in [0.05, 0.1) is 16.0 Å². The van der Waals surface area contributed by atoms with E-state index in [2.05, 4.69) is 22.9 Å². The molecule has 200 valence electrons. The third kappa shape index (κ3) is 5.35. The first kappa shape index (κ1) is 26.4. The second-order valence-electron chi connectivity index (χ2n) is 10.4. The zero-order chi connectivity index (χ0) is 26.9. The van der Waals surface area contributed by atoms with Crippen molar-refractivity contribution in [1.29, 1.82) is 0 Å². The number of hydrogen-bond donors (Lipinski definition) is 2. The van der Waals surface area contributed by atoms with Crippen LogP contribution < -0.4 is 10.3 Å². The van der Waals surface area contributed by atoms with E-state index in [0.717, 1.165) is 36.8 Å². The molecule has 2 N–H and O–H groups in total. The highest BCUT2D eigenvalue weighted by atomic mass is 32.2. The van der Waals surface area contributed by atoms with Gasteiger partial charge in [-0.3, -0.25) is 4.72 Å². The summed E-state index contributed by atoms with van der Waals surface area (Å²) >= 11 is 1.21. The van der Waals surface area contributed by atoms with E-state index in [-0.39, 0.29) is 22.1 Å². The number of fused-ring (bicyclic) bond motifs is 2. The molecule has 0 saturated carbocycles. The fourth-order valence-electron chi connectivity index (χ4n) is 5.35. The predicted molar refractivity (Wildman–Crippen MR) is 151 cm³/mol. The van der Waals surface area contributed by atoms with Gasteiger partial charge in [0.2, 0.25) is 0 Å². The van der Waals surface area contributed by atoms with Crippen LogP contribution in [0.3, 0.4) is 0 Å². The zero-order valence-corrected chi connectivity index (χ0v) is 23.2. The van der Waals surface area contributed by atoms with Crippen LogP contribution in [0.4, 0.5) is 5.69 Å². The second kappa shape index (κ2) is 10.9. The Morgan fingerprint density at radius 3 is 2.63 bits per heavy atom. The molecular formula is C29H32N2O5S2. The van der Waals surface area contributed by atoms with E-state index >= 15 is 0 Å². The average molecular weight is 553 g/mol. The van der Waals surface area contributed by atoms with Gasteiger partial charge < -0.3 is 9.52 Å². The van der Waals surface area contributed by atoms with E-state index in [0.29, 0.717) is 41.6 Å². The lowest BCUT2D eigenvalue weighted by Crippen LogP contribution is -2.19. The van der Waals surface area contributed by atoms with Crippen molar-refractivity contribution in [2.24, 2.45) is 5.92 Å². The summed E-state index contributed by atoms with van der Waals surface area (Å²) in [6, 6.07) is 12.1. The van der Waals surface area contributed by atoms with Gasteiger partial charge in [-0.1, -0.05) is 44.9 Å². The summed E-state index contributed by atoms with van der Waals surface area (Å²) in [7, 11) is -3.89. The van der Waals surface area contributed by atoms with Gasteiger partial charge >= 0.3 is 5.63 Å². The molecule has 0 saturated heterocycles. The normalized spacial score (nSPS) is 15.1. The van der Waals surface area contributed by atoms with Crippen molar-refractivity contribution < 1.29 is 17.9 Å². The van der Waals surface area contributed by atoms with Crippen LogP contribution in [0.5, 0.6) is 5.75 Å². The number of hydrogen-bond acceptors (Lipinski definition) is 7. The molecule has 0 spiro atoms. The highest BCUT2D eigenvalue weighted by Gasteiger charge is 2.28. The summed E-state index contributed by atoms with van der Waals surface area (Å²) in [5, 5.41) is 13.7. The largest absolute Gasteiger partial charge is 0.507 e. The second-order valence-corrected chi connectivity index (χ2v) is 12.7. The van der Waals surface area contributed by atoms with Crippen LogP contribution in [-0.2, 0) is 22.9 Å². The molecule has 1 aliphatic rings. The summed E-state index contributed by atoms with van der Waals surface area (Å²) in [6.45, 7) is 4.11. The summed E-state index contributed by atoms with van der Waals surface area (Å²) in [5.74, 6) is 0.394. The van der Waals surface area contributed by atoms with Crippen molar-refractivity contribution in [2.45, 2.75) is 69.6 Å². The van der Waals surface area contributed by atoms with Gasteiger partial charge in [-0.15, -0.1) is 0 Å². The molecule has 1 aliphatic carbocycles. The van der Waals surface area contributed by atoms with E-state index in [9.17, 15) is 18.3 Å². The first-order valence-corrected chi connectivity index (χ1v) is 15.4. The minimum Gasteiger partial charge on any atom is -0.507 e. The van der Waals surface area contributed by atoms with Crippen molar-refractivity contribution in [2.75, 3.05) is 4.72 Å². The van der Waals surface area contributed by atoms with Gasteiger partial charge in [0.1, 0.15) is 11.5 Å². The molecule has 5 rings (SSSR count). The Labute approximate surface area is 226 Å². The predicted octanol–water partition coefficient (Wildman–Crippen LogP) is 6.59. The molecule has 7 nitrogen and oxygen atoms in total. The standard InChI is InChI=1S/C29H32N2O5S2/c1-18(2)15-22(27-28(32)21-11-5-3-4-6-13-25(21)36-29(27)33)19-9-7-10-20(16-19)31-38(34,35)26-14-8-12-24-23(26)17-37-30-24/h7-10,12,14,16-18,22,31-32H,3-6,11,13,15H2,1-2H3. The van der Waals surface area contributed by atoms with Crippen molar-refractivity contribution in [1.82, 2.24) is 4.37 Å². The molecule has 9 heteroatoms. The zero-order valence-electron chi connectivity index (χ0n) is 21.6. The maximum Gasteiger partial charge on any atom is 0.343 e. The molecule has 4 aromatic rings. The maximum absolute atomic E-state index is 13.3. The van der Waals surface area contributed by atoms with E-state index in [4.69, 9.17) is 4.42 Å². The van der Waals surface area contributed by atoms with Crippen LogP contribution in [-0.4, -0.2) is 17.9 Å². The van der Waals surface area contributed by atoms with E-state index < -0.39 is 21.6 Å². The van der Waals surface area contributed by atoms with Gasteiger partial charge in [0, 0.05) is 34.4 Å². The lowest BCUT2D eigenvalue weighted by atomic mass is 9.83. The highest BCUT2D eigenvalue weighted by molar-refractivity contribution is 7.93. The van der Waals surface area contributed by atoms with Gasteiger partial charge in [-0.25, -0.2) is 13.2 Å². The number of sulfonamides is 1. The molecule has 2 aromatic carbocycles. The minimum absolute atomic E-state index is 0.0337. The molecule has 0 bridgehead atoms. The molecule has 2 aromatic heterocycles. The lowest BCUT2D eigenvalue weighted by Gasteiger charge is -2.23. The molecule has 2 heterocycles. The molecule has 38 heavy (non-hydrogen) atoms. The van der Waals surface area contributed by atoms with Crippen LogP contribution in [0.2, 0.25) is 0 Å². The smallest absolute Gasteiger partial charge is 0.343 e. The van der Waals surface area contributed by atoms with Gasteiger partial charge in [0.15, 0.2) is 0 Å². The Morgan fingerprint density at radius 1 is 1.08 bits per heavy atom. The number of aromatic hydroxyl groups is 1. The Hall–Kier alpha value is -3.17. The van der Waals surface area contributed by atoms with E-state index in [1.54, 1.807) is 41.8 Å².